The van der Waals surface area contributed by atoms with Crippen LogP contribution in [0.3, 0.4) is 0 Å². The number of hydrogen-bond acceptors (Lipinski definition) is 4. The molecular weight excluding hydrogens is 518 g/mol. The molecule has 0 spiro atoms. The van der Waals surface area contributed by atoms with Gasteiger partial charge in [-0.15, -0.1) is 0 Å². The number of likely N-dealkylation sites (tertiary alicyclic amines) is 1. The van der Waals surface area contributed by atoms with E-state index in [0.717, 1.165) is 23.5 Å². The summed E-state index contributed by atoms with van der Waals surface area (Å²) in [5.41, 5.74) is 0.880. The molecule has 3 unspecified atom stereocenters. The first-order valence-corrected chi connectivity index (χ1v) is 11.9. The highest BCUT2D eigenvalue weighted by Gasteiger charge is 2.40. The zero-order valence-corrected chi connectivity index (χ0v) is 21.0. The van der Waals surface area contributed by atoms with E-state index >= 15 is 0 Å². The van der Waals surface area contributed by atoms with Crippen LogP contribution in [0.5, 0.6) is 5.88 Å². The average Bonchev–Trinajstić information content (AvgIpc) is 3.45. The van der Waals surface area contributed by atoms with Crippen molar-refractivity contribution in [3.05, 3.63) is 75.9 Å². The molecule has 2 amide bonds. The number of carbonyl (C=O) groups excluding carboxylic acids is 1. The minimum absolute atomic E-state index is 0.0718. The van der Waals surface area contributed by atoms with Gasteiger partial charge in [0.25, 0.3) is 0 Å². The number of aromatic nitrogens is 3. The third-order valence-electron chi connectivity index (χ3n) is 6.33. The minimum atomic E-state index is -4.48. The van der Waals surface area contributed by atoms with Gasteiger partial charge in [-0.2, -0.15) is 13.2 Å². The summed E-state index contributed by atoms with van der Waals surface area (Å²) in [5, 5.41) is 3.72. The van der Waals surface area contributed by atoms with Gasteiger partial charge in [-0.25, -0.2) is 14.8 Å². The summed E-state index contributed by atoms with van der Waals surface area (Å²) in [7, 11) is 1.84. The number of rotatable bonds is 6. The maximum atomic E-state index is 13.0. The predicted octanol–water partition coefficient (Wildman–Crippen LogP) is 5.53. The molecule has 7 nitrogen and oxygen atoms in total. The van der Waals surface area contributed by atoms with E-state index in [2.05, 4.69) is 15.3 Å². The largest absolute Gasteiger partial charge is 0.474 e. The zero-order valence-electron chi connectivity index (χ0n) is 19.5. The van der Waals surface area contributed by atoms with Crippen LogP contribution < -0.4 is 10.1 Å². The molecule has 36 heavy (non-hydrogen) atoms. The summed E-state index contributed by atoms with van der Waals surface area (Å²) < 4.78 is 46.4. The van der Waals surface area contributed by atoms with E-state index in [-0.39, 0.29) is 23.7 Å². The molecular formula is C24H24Cl2F3N5O2. The Morgan fingerprint density at radius 1 is 1.19 bits per heavy atom. The van der Waals surface area contributed by atoms with Crippen molar-refractivity contribution in [1.82, 2.24) is 24.8 Å². The van der Waals surface area contributed by atoms with E-state index in [4.69, 9.17) is 27.9 Å². The Morgan fingerprint density at radius 3 is 2.58 bits per heavy atom. The molecule has 0 radical (unpaired) electrons. The molecule has 3 atom stereocenters. The Morgan fingerprint density at radius 2 is 1.97 bits per heavy atom. The van der Waals surface area contributed by atoms with Gasteiger partial charge in [0, 0.05) is 50.4 Å². The Kier molecular flexibility index (Phi) is 7.65. The van der Waals surface area contributed by atoms with E-state index in [9.17, 15) is 18.0 Å². The van der Waals surface area contributed by atoms with Gasteiger partial charge in [-0.1, -0.05) is 29.3 Å². The van der Waals surface area contributed by atoms with Crippen LogP contribution in [-0.4, -0.2) is 44.7 Å². The second-order valence-corrected chi connectivity index (χ2v) is 9.52. The normalized spacial score (nSPS) is 18.8. The third-order valence-corrected chi connectivity index (χ3v) is 7.07. The number of halogens is 5. The first-order valence-electron chi connectivity index (χ1n) is 11.2. The van der Waals surface area contributed by atoms with Crippen molar-refractivity contribution >= 4 is 29.2 Å². The van der Waals surface area contributed by atoms with Crippen molar-refractivity contribution in [2.45, 2.75) is 31.7 Å². The van der Waals surface area contributed by atoms with Crippen LogP contribution in [0.2, 0.25) is 10.0 Å². The van der Waals surface area contributed by atoms with Gasteiger partial charge in [0.05, 0.1) is 34.2 Å². The maximum Gasteiger partial charge on any atom is 0.417 e. The van der Waals surface area contributed by atoms with Gasteiger partial charge in [0.2, 0.25) is 5.88 Å². The first kappa shape index (κ1) is 26.1. The number of ether oxygens (including phenoxy) is 1. The van der Waals surface area contributed by atoms with Crippen LogP contribution in [0, 0.1) is 5.92 Å². The molecule has 2 aromatic heterocycles. The molecule has 3 aromatic rings. The SMILES string of the molecule is CC(Oc1ccc(C(F)(F)F)cn1)C1CN(C(=O)NCc2cncn2C)CC1c1ccc(Cl)c(Cl)c1. The lowest BCUT2D eigenvalue weighted by atomic mass is 9.86. The van der Waals surface area contributed by atoms with Crippen molar-refractivity contribution in [3.8, 4) is 5.88 Å². The molecule has 1 aliphatic heterocycles. The summed E-state index contributed by atoms with van der Waals surface area (Å²) in [4.78, 5) is 22.5. The number of aryl methyl sites for hydroxylation is 1. The summed E-state index contributed by atoms with van der Waals surface area (Å²) in [6.45, 7) is 2.89. The predicted molar refractivity (Wildman–Crippen MR) is 129 cm³/mol. The van der Waals surface area contributed by atoms with Gasteiger partial charge < -0.3 is 19.5 Å². The van der Waals surface area contributed by atoms with Crippen LogP contribution >= 0.6 is 23.2 Å². The molecule has 0 bridgehead atoms. The van der Waals surface area contributed by atoms with Gasteiger partial charge in [0.1, 0.15) is 6.10 Å². The minimum Gasteiger partial charge on any atom is -0.474 e. The van der Waals surface area contributed by atoms with E-state index in [1.165, 1.54) is 6.07 Å². The Balaban J connectivity index is 1.51. The molecule has 1 aliphatic rings. The summed E-state index contributed by atoms with van der Waals surface area (Å²) in [6.07, 6.45) is -0.875. The van der Waals surface area contributed by atoms with Gasteiger partial charge >= 0.3 is 12.2 Å². The van der Waals surface area contributed by atoms with Crippen LogP contribution in [0.25, 0.3) is 0 Å². The fourth-order valence-electron chi connectivity index (χ4n) is 4.29. The number of amides is 2. The standard InChI is InChI=1S/C24H24Cl2F3N5O2/c1-14(36-22-6-4-16(8-31-22)24(27,28)29)18-11-34(23(35)32-10-17-9-30-13-33(17)2)12-19(18)15-3-5-20(25)21(26)7-15/h3-9,13-14,18-19H,10-12H2,1-2H3,(H,32,35). The lowest BCUT2D eigenvalue weighted by Gasteiger charge is -2.25. The molecule has 12 heteroatoms. The fourth-order valence-corrected chi connectivity index (χ4v) is 4.60. The highest BCUT2D eigenvalue weighted by Crippen LogP contribution is 2.38. The van der Waals surface area contributed by atoms with Gasteiger partial charge in [0.15, 0.2) is 0 Å². The third kappa shape index (κ3) is 5.87. The number of nitrogens with zero attached hydrogens (tertiary/aromatic N) is 4. The molecule has 1 aromatic carbocycles. The molecule has 1 saturated heterocycles. The Bertz CT molecular complexity index is 1220. The maximum absolute atomic E-state index is 13.0. The zero-order chi connectivity index (χ0) is 26.0. The molecule has 0 saturated carbocycles. The van der Waals surface area contributed by atoms with Crippen molar-refractivity contribution < 1.29 is 22.7 Å². The van der Waals surface area contributed by atoms with Crippen molar-refractivity contribution in [1.29, 1.82) is 0 Å². The smallest absolute Gasteiger partial charge is 0.417 e. The molecule has 1 fully saturated rings. The second kappa shape index (κ2) is 10.6. The molecule has 4 rings (SSSR count). The fraction of sp³-hybridized carbons (Fsp3) is 0.375. The average molecular weight is 542 g/mol. The second-order valence-electron chi connectivity index (χ2n) is 8.71. The number of imidazole rings is 1. The lowest BCUT2D eigenvalue weighted by molar-refractivity contribution is -0.137. The van der Waals surface area contributed by atoms with Crippen molar-refractivity contribution in [2.75, 3.05) is 13.1 Å². The number of pyridine rings is 1. The molecule has 192 valence electrons. The van der Waals surface area contributed by atoms with Crippen LogP contribution in [0.1, 0.15) is 29.7 Å². The molecule has 0 aliphatic carbocycles. The van der Waals surface area contributed by atoms with Crippen LogP contribution in [0.4, 0.5) is 18.0 Å². The number of urea groups is 1. The topological polar surface area (TPSA) is 72.3 Å². The van der Waals surface area contributed by atoms with Crippen LogP contribution in [0.15, 0.2) is 49.1 Å². The Hall–Kier alpha value is -2.98. The number of carbonyl (C=O) groups is 1. The monoisotopic (exact) mass is 541 g/mol. The van der Waals surface area contributed by atoms with Gasteiger partial charge in [-0.3, -0.25) is 0 Å². The summed E-state index contributed by atoms with van der Waals surface area (Å²) in [5.74, 6) is -0.261. The number of nitrogens with one attached hydrogen (secondary N) is 1. The van der Waals surface area contributed by atoms with Crippen LogP contribution in [-0.2, 0) is 19.8 Å². The lowest BCUT2D eigenvalue weighted by Crippen LogP contribution is -2.39. The quantitative estimate of drug-likeness (QED) is 0.445. The number of hydrogen-bond donors (Lipinski definition) is 1. The van der Waals surface area contributed by atoms with Gasteiger partial charge in [-0.05, 0) is 30.7 Å². The number of alkyl halides is 3. The van der Waals surface area contributed by atoms with Crippen molar-refractivity contribution in [3.63, 3.8) is 0 Å². The summed E-state index contributed by atoms with van der Waals surface area (Å²) >= 11 is 12.3. The van der Waals surface area contributed by atoms with E-state index < -0.39 is 17.8 Å². The molecule has 3 heterocycles. The van der Waals surface area contributed by atoms with E-state index in [0.29, 0.717) is 29.7 Å². The highest BCUT2D eigenvalue weighted by atomic mass is 35.5. The first-order chi connectivity index (χ1) is 17.0. The number of benzene rings is 1. The van der Waals surface area contributed by atoms with E-state index in [1.54, 1.807) is 29.6 Å². The summed E-state index contributed by atoms with van der Waals surface area (Å²) in [6, 6.07) is 7.20. The highest BCUT2D eigenvalue weighted by molar-refractivity contribution is 6.42. The molecule has 1 N–H and O–H groups in total. The van der Waals surface area contributed by atoms with Crippen molar-refractivity contribution in [2.24, 2.45) is 13.0 Å². The Labute approximate surface area is 216 Å². The van der Waals surface area contributed by atoms with E-state index in [1.807, 2.05) is 24.6 Å².